The Bertz CT molecular complexity index is 270. The number of aliphatic carboxylic acids is 1. The van der Waals surface area contributed by atoms with Crippen LogP contribution >= 0.6 is 11.8 Å². The van der Waals surface area contributed by atoms with Gasteiger partial charge in [-0.2, -0.15) is 0 Å². The molecule has 5 heteroatoms. The average molecular weight is 260 g/mol. The first-order valence-corrected chi connectivity index (χ1v) is 7.16. The fourth-order valence-electron chi connectivity index (χ4n) is 2.54. The van der Waals surface area contributed by atoms with Crippen LogP contribution in [-0.4, -0.2) is 47.0 Å². The lowest BCUT2D eigenvalue weighted by atomic mass is 9.86. The largest absolute Gasteiger partial charge is 0.480 e. The molecule has 2 fully saturated rings. The zero-order valence-electron chi connectivity index (χ0n) is 10.2. The van der Waals surface area contributed by atoms with Crippen LogP contribution in [0, 0.1) is 0 Å². The van der Waals surface area contributed by atoms with Crippen LogP contribution in [0.25, 0.3) is 0 Å². The molecule has 2 unspecified atom stereocenters. The van der Waals surface area contributed by atoms with Crippen molar-refractivity contribution in [3.8, 4) is 0 Å². The average Bonchev–Trinajstić information content (AvgIpc) is 2.30. The molecule has 0 bridgehead atoms. The van der Waals surface area contributed by atoms with E-state index in [1.165, 1.54) is 0 Å². The van der Waals surface area contributed by atoms with E-state index in [2.05, 4.69) is 0 Å². The summed E-state index contributed by atoms with van der Waals surface area (Å²) in [5.74, 6) is -0.720. The minimum atomic E-state index is -0.720. The second-order valence-corrected chi connectivity index (χ2v) is 6.52. The lowest BCUT2D eigenvalue weighted by Gasteiger charge is -2.43. The molecular formula is C12H20O4S. The standard InChI is InChI=1S/C12H20O4S/c1-9(11(13)14)17-10-2-5-16-12(8-10)3-6-15-7-4-12/h9-10H,2-8H2,1H3,(H,13,14). The molecule has 0 aromatic carbocycles. The Balaban J connectivity index is 1.90. The summed E-state index contributed by atoms with van der Waals surface area (Å²) in [6, 6.07) is 0. The van der Waals surface area contributed by atoms with Crippen LogP contribution in [-0.2, 0) is 14.3 Å². The molecule has 0 aliphatic carbocycles. The van der Waals surface area contributed by atoms with E-state index in [-0.39, 0.29) is 10.9 Å². The first kappa shape index (κ1) is 13.2. The van der Waals surface area contributed by atoms with Crippen LogP contribution in [0.3, 0.4) is 0 Å². The van der Waals surface area contributed by atoms with E-state index < -0.39 is 5.97 Å². The summed E-state index contributed by atoms with van der Waals surface area (Å²) in [6.07, 6.45) is 3.83. The van der Waals surface area contributed by atoms with E-state index in [1.54, 1.807) is 18.7 Å². The summed E-state index contributed by atoms with van der Waals surface area (Å²) < 4.78 is 11.3. The number of carboxylic acid groups (broad SMARTS) is 1. The summed E-state index contributed by atoms with van der Waals surface area (Å²) in [5, 5.41) is 9.03. The van der Waals surface area contributed by atoms with Gasteiger partial charge in [0, 0.05) is 25.1 Å². The minimum absolute atomic E-state index is 0.0353. The van der Waals surface area contributed by atoms with Crippen LogP contribution in [0.15, 0.2) is 0 Å². The molecular weight excluding hydrogens is 240 g/mol. The maximum absolute atomic E-state index is 10.9. The van der Waals surface area contributed by atoms with Crippen molar-refractivity contribution in [1.29, 1.82) is 0 Å². The highest BCUT2D eigenvalue weighted by atomic mass is 32.2. The predicted molar refractivity (Wildman–Crippen MR) is 66.4 cm³/mol. The van der Waals surface area contributed by atoms with Crippen molar-refractivity contribution < 1.29 is 19.4 Å². The topological polar surface area (TPSA) is 55.8 Å². The molecule has 2 saturated heterocycles. The summed E-state index contributed by atoms with van der Waals surface area (Å²) in [4.78, 5) is 10.9. The molecule has 0 aromatic heterocycles. The number of ether oxygens (including phenoxy) is 2. The SMILES string of the molecule is CC(SC1CCOC2(CCOCC2)C1)C(=O)O. The highest BCUT2D eigenvalue weighted by molar-refractivity contribution is 8.01. The number of carboxylic acids is 1. The Morgan fingerprint density at radius 1 is 1.41 bits per heavy atom. The van der Waals surface area contributed by atoms with Gasteiger partial charge in [-0.15, -0.1) is 11.8 Å². The molecule has 0 amide bonds. The van der Waals surface area contributed by atoms with Crippen LogP contribution in [0.5, 0.6) is 0 Å². The van der Waals surface area contributed by atoms with Crippen LogP contribution in [0.2, 0.25) is 0 Å². The highest BCUT2D eigenvalue weighted by Crippen LogP contribution is 2.39. The van der Waals surface area contributed by atoms with Crippen LogP contribution in [0.1, 0.15) is 32.6 Å². The summed E-state index contributed by atoms with van der Waals surface area (Å²) in [7, 11) is 0. The first-order valence-electron chi connectivity index (χ1n) is 6.21. The van der Waals surface area contributed by atoms with Gasteiger partial charge in [0.15, 0.2) is 0 Å². The van der Waals surface area contributed by atoms with Gasteiger partial charge in [0.2, 0.25) is 0 Å². The second kappa shape index (κ2) is 5.59. The van der Waals surface area contributed by atoms with Crippen LogP contribution < -0.4 is 0 Å². The van der Waals surface area contributed by atoms with Gasteiger partial charge in [0.1, 0.15) is 0 Å². The summed E-state index contributed by atoms with van der Waals surface area (Å²) >= 11 is 1.58. The maximum Gasteiger partial charge on any atom is 0.316 e. The molecule has 2 aliphatic heterocycles. The zero-order chi connectivity index (χ0) is 12.3. The van der Waals surface area contributed by atoms with Crippen molar-refractivity contribution in [2.75, 3.05) is 19.8 Å². The van der Waals surface area contributed by atoms with Gasteiger partial charge < -0.3 is 14.6 Å². The smallest absolute Gasteiger partial charge is 0.316 e. The molecule has 0 radical (unpaired) electrons. The van der Waals surface area contributed by atoms with Gasteiger partial charge in [0.25, 0.3) is 0 Å². The number of carbonyl (C=O) groups is 1. The molecule has 2 atom stereocenters. The maximum atomic E-state index is 10.9. The van der Waals surface area contributed by atoms with Gasteiger partial charge in [-0.25, -0.2) is 0 Å². The van der Waals surface area contributed by atoms with E-state index >= 15 is 0 Å². The highest BCUT2D eigenvalue weighted by Gasteiger charge is 2.39. The van der Waals surface area contributed by atoms with Gasteiger partial charge in [-0.3, -0.25) is 4.79 Å². The Morgan fingerprint density at radius 2 is 2.12 bits per heavy atom. The molecule has 1 spiro atoms. The first-order chi connectivity index (χ1) is 8.11. The van der Waals surface area contributed by atoms with Crippen molar-refractivity contribution >= 4 is 17.7 Å². The molecule has 2 aliphatic rings. The molecule has 0 aromatic rings. The Morgan fingerprint density at radius 3 is 2.76 bits per heavy atom. The van der Waals surface area contributed by atoms with Crippen LogP contribution in [0.4, 0.5) is 0 Å². The monoisotopic (exact) mass is 260 g/mol. The summed E-state index contributed by atoms with van der Waals surface area (Å²) in [6.45, 7) is 4.06. The summed E-state index contributed by atoms with van der Waals surface area (Å²) in [5.41, 5.74) is -0.0353. The van der Waals surface area contributed by atoms with Crippen molar-refractivity contribution in [3.05, 3.63) is 0 Å². The Labute approximate surface area is 106 Å². The van der Waals surface area contributed by atoms with Gasteiger partial charge >= 0.3 is 5.97 Å². The zero-order valence-corrected chi connectivity index (χ0v) is 11.0. The normalized spacial score (nSPS) is 30.1. The number of hydrogen-bond donors (Lipinski definition) is 1. The van der Waals surface area contributed by atoms with Crippen molar-refractivity contribution in [1.82, 2.24) is 0 Å². The van der Waals surface area contributed by atoms with E-state index in [4.69, 9.17) is 14.6 Å². The van der Waals surface area contributed by atoms with E-state index in [9.17, 15) is 4.79 Å². The van der Waals surface area contributed by atoms with E-state index in [0.717, 1.165) is 45.5 Å². The van der Waals surface area contributed by atoms with Gasteiger partial charge in [0.05, 0.1) is 10.9 Å². The predicted octanol–water partition coefficient (Wildman–Crippen LogP) is 1.92. The quantitative estimate of drug-likeness (QED) is 0.840. The third-order valence-corrected chi connectivity index (χ3v) is 4.99. The van der Waals surface area contributed by atoms with E-state index in [1.807, 2.05) is 0 Å². The minimum Gasteiger partial charge on any atom is -0.480 e. The molecule has 2 rings (SSSR count). The Kier molecular flexibility index (Phi) is 4.33. The third kappa shape index (κ3) is 3.36. The van der Waals surface area contributed by atoms with Crippen molar-refractivity contribution in [3.63, 3.8) is 0 Å². The molecule has 4 nitrogen and oxygen atoms in total. The molecule has 17 heavy (non-hydrogen) atoms. The van der Waals surface area contributed by atoms with Gasteiger partial charge in [-0.1, -0.05) is 0 Å². The van der Waals surface area contributed by atoms with Crippen molar-refractivity contribution in [2.45, 2.75) is 48.7 Å². The second-order valence-electron chi connectivity index (χ2n) is 4.88. The number of hydrogen-bond acceptors (Lipinski definition) is 4. The number of thioether (sulfide) groups is 1. The molecule has 98 valence electrons. The van der Waals surface area contributed by atoms with Crippen molar-refractivity contribution in [2.24, 2.45) is 0 Å². The molecule has 1 N–H and O–H groups in total. The van der Waals surface area contributed by atoms with Gasteiger partial charge in [-0.05, 0) is 32.6 Å². The number of rotatable bonds is 3. The third-order valence-electron chi connectivity index (χ3n) is 3.60. The molecule has 2 heterocycles. The lowest BCUT2D eigenvalue weighted by molar-refractivity contribution is -0.136. The lowest BCUT2D eigenvalue weighted by Crippen LogP contribution is -2.45. The Hall–Kier alpha value is -0.260. The van der Waals surface area contributed by atoms with E-state index in [0.29, 0.717) is 5.25 Å². The molecule has 0 saturated carbocycles. The fraction of sp³-hybridized carbons (Fsp3) is 0.917. The fourth-order valence-corrected chi connectivity index (χ4v) is 3.86.